The number of alkyl halides is 3. The molecule has 0 spiro atoms. The van der Waals surface area contributed by atoms with Gasteiger partial charge in [0.2, 0.25) is 11.9 Å². The van der Waals surface area contributed by atoms with Crippen LogP contribution in [0.25, 0.3) is 0 Å². The van der Waals surface area contributed by atoms with Gasteiger partial charge in [-0.25, -0.2) is 9.97 Å². The highest BCUT2D eigenvalue weighted by Crippen LogP contribution is 2.29. The third-order valence-corrected chi connectivity index (χ3v) is 4.53. The van der Waals surface area contributed by atoms with Crippen molar-refractivity contribution in [3.63, 3.8) is 0 Å². The van der Waals surface area contributed by atoms with Crippen molar-refractivity contribution in [1.82, 2.24) is 15.3 Å². The molecule has 0 radical (unpaired) electrons. The first-order chi connectivity index (χ1) is 14.3. The number of rotatable bonds is 4. The van der Waals surface area contributed by atoms with E-state index in [0.717, 1.165) is 12.2 Å². The Labute approximate surface area is 172 Å². The number of amides is 1. The van der Waals surface area contributed by atoms with Crippen molar-refractivity contribution in [2.75, 3.05) is 11.9 Å². The minimum atomic E-state index is -4.43. The molecule has 30 heavy (non-hydrogen) atoms. The normalized spacial score (nSPS) is 23.0. The lowest BCUT2D eigenvalue weighted by molar-refractivity contribution is -0.125. The van der Waals surface area contributed by atoms with Gasteiger partial charge < -0.3 is 10.6 Å². The van der Waals surface area contributed by atoms with Crippen LogP contribution in [0.15, 0.2) is 54.0 Å². The van der Waals surface area contributed by atoms with Crippen LogP contribution < -0.4 is 10.6 Å². The molecule has 3 unspecified atom stereocenters. The van der Waals surface area contributed by atoms with E-state index in [2.05, 4.69) is 44.0 Å². The number of nitrogens with zero attached hydrogens (tertiary/aromatic N) is 3. The van der Waals surface area contributed by atoms with Crippen molar-refractivity contribution in [3.05, 3.63) is 54.5 Å². The van der Waals surface area contributed by atoms with Gasteiger partial charge in [-0.1, -0.05) is 30.6 Å². The lowest BCUT2D eigenvalue weighted by Gasteiger charge is -2.24. The summed E-state index contributed by atoms with van der Waals surface area (Å²) in [5, 5.41) is 5.44. The Kier molecular flexibility index (Phi) is 6.67. The van der Waals surface area contributed by atoms with E-state index in [1.165, 1.54) is 12.3 Å². The van der Waals surface area contributed by atoms with Crippen LogP contribution in [0, 0.1) is 23.7 Å². The second kappa shape index (κ2) is 9.39. The maximum Gasteiger partial charge on any atom is 0.416 e. The monoisotopic (exact) mass is 415 g/mol. The highest BCUT2D eigenvalue weighted by molar-refractivity contribution is 5.81. The minimum Gasteiger partial charge on any atom is -0.349 e. The van der Waals surface area contributed by atoms with Crippen molar-refractivity contribution in [2.45, 2.75) is 25.1 Å². The molecule has 0 saturated carbocycles. The molecule has 1 aliphatic heterocycles. The zero-order valence-electron chi connectivity index (χ0n) is 16.0. The van der Waals surface area contributed by atoms with E-state index >= 15 is 0 Å². The molecule has 2 aliphatic rings. The summed E-state index contributed by atoms with van der Waals surface area (Å²) in [6.07, 6.45) is 6.12. The van der Waals surface area contributed by atoms with Crippen LogP contribution in [-0.2, 0) is 4.79 Å². The number of aromatic nitrogens is 2. The predicted octanol–water partition coefficient (Wildman–Crippen LogP) is 3.02. The Morgan fingerprint density at radius 1 is 1.30 bits per heavy atom. The Hall–Kier alpha value is -3.41. The minimum absolute atomic E-state index is 0.243. The molecule has 1 aromatic heterocycles. The zero-order chi connectivity index (χ0) is 21.6. The summed E-state index contributed by atoms with van der Waals surface area (Å²) in [4.78, 5) is 24.9. The van der Waals surface area contributed by atoms with Crippen LogP contribution in [0.2, 0.25) is 0 Å². The van der Waals surface area contributed by atoms with Gasteiger partial charge in [-0.05, 0) is 25.1 Å². The molecule has 1 aromatic rings. The number of nitrogens with one attached hydrogen (secondary N) is 2. The van der Waals surface area contributed by atoms with E-state index in [1.807, 2.05) is 0 Å². The van der Waals surface area contributed by atoms with Crippen molar-refractivity contribution < 1.29 is 18.0 Å². The maximum atomic E-state index is 12.9. The quantitative estimate of drug-likeness (QED) is 0.741. The van der Waals surface area contributed by atoms with Gasteiger partial charge in [-0.2, -0.15) is 13.2 Å². The summed E-state index contributed by atoms with van der Waals surface area (Å²) in [6, 6.07) is -0.686. The second-order valence-corrected chi connectivity index (χ2v) is 6.84. The van der Waals surface area contributed by atoms with Crippen molar-refractivity contribution in [2.24, 2.45) is 16.8 Å². The van der Waals surface area contributed by atoms with Gasteiger partial charge in [0.05, 0.1) is 35.6 Å². The molecule has 156 valence electrons. The zero-order valence-corrected chi connectivity index (χ0v) is 16.0. The van der Waals surface area contributed by atoms with E-state index in [4.69, 9.17) is 0 Å². The third kappa shape index (κ3) is 5.80. The molecule has 9 heteroatoms. The Balaban J connectivity index is 1.58. The summed E-state index contributed by atoms with van der Waals surface area (Å²) >= 11 is 0. The molecule has 3 atom stereocenters. The van der Waals surface area contributed by atoms with Gasteiger partial charge >= 0.3 is 6.18 Å². The van der Waals surface area contributed by atoms with Crippen LogP contribution in [0.3, 0.4) is 0 Å². The summed E-state index contributed by atoms with van der Waals surface area (Å²) in [6.45, 7) is 3.81. The topological polar surface area (TPSA) is 79.3 Å². The average molecular weight is 415 g/mol. The van der Waals surface area contributed by atoms with Gasteiger partial charge in [0.25, 0.3) is 0 Å². The standard InChI is InChI=1S/C21H20F3N5O/c1-2-26-20-27-11-15(12-28-20)7-6-14-8-16(13-25-10-14)19(30)29-18-5-3-4-17(9-18)21(22,23)24/h2-4,9-12,14,16,18H,1,5,8,13H2,(H,29,30)(H,26,27,28). The van der Waals surface area contributed by atoms with E-state index < -0.39 is 23.7 Å². The van der Waals surface area contributed by atoms with Crippen LogP contribution in [0.1, 0.15) is 18.4 Å². The molecule has 0 aromatic carbocycles. The molecular weight excluding hydrogens is 395 g/mol. The van der Waals surface area contributed by atoms with Gasteiger partial charge in [-0.3, -0.25) is 9.79 Å². The lowest BCUT2D eigenvalue weighted by Crippen LogP contribution is -2.41. The van der Waals surface area contributed by atoms with Crippen LogP contribution in [0.5, 0.6) is 0 Å². The fourth-order valence-corrected chi connectivity index (χ4v) is 3.05. The SMILES string of the molecule is C=CNc1ncc(C#CC2C=NCC(C(=O)NC3C=C(C(F)(F)F)C=CC3)C2)cn1. The van der Waals surface area contributed by atoms with Gasteiger partial charge in [0.15, 0.2) is 0 Å². The highest BCUT2D eigenvalue weighted by Gasteiger charge is 2.34. The third-order valence-electron chi connectivity index (χ3n) is 4.53. The molecule has 0 saturated heterocycles. The Bertz CT molecular complexity index is 938. The first kappa shape index (κ1) is 21.3. The van der Waals surface area contributed by atoms with E-state index in [0.29, 0.717) is 24.4 Å². The maximum absolute atomic E-state index is 12.9. The molecule has 1 aliphatic carbocycles. The number of allylic oxidation sites excluding steroid dienone is 2. The molecule has 2 N–H and O–H groups in total. The van der Waals surface area contributed by atoms with E-state index in [-0.39, 0.29) is 18.4 Å². The summed E-state index contributed by atoms with van der Waals surface area (Å²) in [5.41, 5.74) is -0.135. The smallest absolute Gasteiger partial charge is 0.349 e. The van der Waals surface area contributed by atoms with Gasteiger partial charge in [-0.15, -0.1) is 0 Å². The Morgan fingerprint density at radius 3 is 2.77 bits per heavy atom. The van der Waals surface area contributed by atoms with E-state index in [9.17, 15) is 18.0 Å². The number of aliphatic imine (C=N–C) groups is 1. The van der Waals surface area contributed by atoms with Crippen LogP contribution in [0.4, 0.5) is 19.1 Å². The van der Waals surface area contributed by atoms with Crippen molar-refractivity contribution in [1.29, 1.82) is 0 Å². The number of carbonyl (C=O) groups is 1. The van der Waals surface area contributed by atoms with Gasteiger partial charge in [0, 0.05) is 18.6 Å². The number of anilines is 1. The largest absolute Gasteiger partial charge is 0.416 e. The molecular formula is C21H20F3N5O. The molecule has 2 heterocycles. The fraction of sp³-hybridized carbons (Fsp3) is 0.333. The molecule has 0 fully saturated rings. The molecule has 0 bridgehead atoms. The number of halogens is 3. The van der Waals surface area contributed by atoms with E-state index in [1.54, 1.807) is 18.6 Å². The lowest BCUT2D eigenvalue weighted by atomic mass is 9.91. The first-order valence-corrected chi connectivity index (χ1v) is 9.32. The number of hydrogen-bond acceptors (Lipinski definition) is 5. The summed E-state index contributed by atoms with van der Waals surface area (Å²) in [7, 11) is 0. The average Bonchev–Trinajstić information content (AvgIpc) is 2.73. The van der Waals surface area contributed by atoms with Crippen molar-refractivity contribution in [3.8, 4) is 11.8 Å². The first-order valence-electron chi connectivity index (χ1n) is 9.32. The second-order valence-electron chi connectivity index (χ2n) is 6.84. The summed E-state index contributed by atoms with van der Waals surface area (Å²) < 4.78 is 38.6. The molecule has 1 amide bonds. The number of carbonyl (C=O) groups excluding carboxylic acids is 1. The molecule has 3 rings (SSSR count). The number of hydrogen-bond donors (Lipinski definition) is 2. The fourth-order valence-electron chi connectivity index (χ4n) is 3.05. The summed E-state index contributed by atoms with van der Waals surface area (Å²) in [5.74, 6) is 5.39. The Morgan fingerprint density at radius 2 is 2.07 bits per heavy atom. The predicted molar refractivity (Wildman–Crippen MR) is 108 cm³/mol. The van der Waals surface area contributed by atoms with Crippen LogP contribution >= 0.6 is 0 Å². The molecule has 6 nitrogen and oxygen atoms in total. The van der Waals surface area contributed by atoms with Crippen molar-refractivity contribution >= 4 is 18.1 Å². The highest BCUT2D eigenvalue weighted by atomic mass is 19.4. The van der Waals surface area contributed by atoms with Gasteiger partial charge in [0.1, 0.15) is 0 Å². The van der Waals surface area contributed by atoms with Crippen LogP contribution in [-0.4, -0.2) is 40.9 Å².